The molecule has 21 heavy (non-hydrogen) atoms. The molecule has 0 radical (unpaired) electrons. The average Bonchev–Trinajstić information content (AvgIpc) is 2.37. The molecule has 0 saturated carbocycles. The van der Waals surface area contributed by atoms with Gasteiger partial charge in [-0.25, -0.2) is 4.79 Å². The molecule has 0 aromatic carbocycles. The minimum atomic E-state index is -0.419. The highest BCUT2D eigenvalue weighted by atomic mass is 16.6. The van der Waals surface area contributed by atoms with E-state index in [1.807, 2.05) is 25.7 Å². The smallest absolute Gasteiger partial charge is 0.410 e. The van der Waals surface area contributed by atoms with Crippen molar-refractivity contribution in [3.05, 3.63) is 0 Å². The van der Waals surface area contributed by atoms with Crippen LogP contribution in [0.15, 0.2) is 0 Å². The number of rotatable bonds is 6. The standard InChI is InChI=1S/C16H32N2O3/c1-13(12-20-5)9-17-10-14-7-6-8-18(11-14)15(19)21-16(2,3)4/h13-14,17H,6-12H2,1-5H3. The summed E-state index contributed by atoms with van der Waals surface area (Å²) in [5.41, 5.74) is -0.419. The fraction of sp³-hybridized carbons (Fsp3) is 0.938. The molecule has 1 aliphatic rings. The Labute approximate surface area is 129 Å². The first-order valence-corrected chi connectivity index (χ1v) is 7.99. The number of carbonyl (C=O) groups is 1. The second-order valence-electron chi connectivity index (χ2n) is 7.15. The average molecular weight is 300 g/mol. The van der Waals surface area contributed by atoms with Crippen molar-refractivity contribution in [1.82, 2.24) is 10.2 Å². The van der Waals surface area contributed by atoms with E-state index in [0.29, 0.717) is 11.8 Å². The number of piperidine rings is 1. The first kappa shape index (κ1) is 18.2. The van der Waals surface area contributed by atoms with Crippen LogP contribution in [0.1, 0.15) is 40.5 Å². The highest BCUT2D eigenvalue weighted by molar-refractivity contribution is 5.68. The van der Waals surface area contributed by atoms with E-state index in [0.717, 1.165) is 39.2 Å². The molecule has 1 rings (SSSR count). The molecule has 0 bridgehead atoms. The lowest BCUT2D eigenvalue weighted by molar-refractivity contribution is 0.0166. The first-order chi connectivity index (χ1) is 9.81. The molecule has 1 fully saturated rings. The van der Waals surface area contributed by atoms with Gasteiger partial charge in [0.2, 0.25) is 0 Å². The van der Waals surface area contributed by atoms with E-state index in [9.17, 15) is 4.79 Å². The number of hydrogen-bond acceptors (Lipinski definition) is 4. The molecule has 1 N–H and O–H groups in total. The van der Waals surface area contributed by atoms with Gasteiger partial charge in [-0.1, -0.05) is 6.92 Å². The number of likely N-dealkylation sites (tertiary alicyclic amines) is 1. The summed E-state index contributed by atoms with van der Waals surface area (Å²) >= 11 is 0. The van der Waals surface area contributed by atoms with Crippen molar-refractivity contribution in [2.75, 3.05) is 39.9 Å². The van der Waals surface area contributed by atoms with E-state index >= 15 is 0 Å². The van der Waals surface area contributed by atoms with Gasteiger partial charge in [0.1, 0.15) is 5.60 Å². The van der Waals surface area contributed by atoms with Gasteiger partial charge in [-0.2, -0.15) is 0 Å². The molecule has 2 atom stereocenters. The summed E-state index contributed by atoms with van der Waals surface area (Å²) in [6.45, 7) is 12.2. The van der Waals surface area contributed by atoms with E-state index in [-0.39, 0.29) is 6.09 Å². The summed E-state index contributed by atoms with van der Waals surface area (Å²) in [7, 11) is 1.73. The maximum Gasteiger partial charge on any atom is 0.410 e. The normalized spacial score (nSPS) is 21.2. The van der Waals surface area contributed by atoms with Gasteiger partial charge in [0, 0.05) is 26.8 Å². The van der Waals surface area contributed by atoms with Crippen LogP contribution >= 0.6 is 0 Å². The Morgan fingerprint density at radius 2 is 2.14 bits per heavy atom. The second-order valence-corrected chi connectivity index (χ2v) is 7.15. The third-order valence-corrected chi connectivity index (χ3v) is 3.55. The predicted octanol–water partition coefficient (Wildman–Crippen LogP) is 2.51. The highest BCUT2D eigenvalue weighted by Crippen LogP contribution is 2.18. The minimum absolute atomic E-state index is 0.181. The van der Waals surface area contributed by atoms with Crippen LogP contribution in [0.5, 0.6) is 0 Å². The Hall–Kier alpha value is -0.810. The molecule has 5 nitrogen and oxygen atoms in total. The van der Waals surface area contributed by atoms with Crippen molar-refractivity contribution in [3.8, 4) is 0 Å². The van der Waals surface area contributed by atoms with Gasteiger partial charge in [0.15, 0.2) is 0 Å². The molecule has 1 aliphatic heterocycles. The largest absolute Gasteiger partial charge is 0.444 e. The lowest BCUT2D eigenvalue weighted by atomic mass is 9.98. The van der Waals surface area contributed by atoms with Crippen molar-refractivity contribution in [1.29, 1.82) is 0 Å². The van der Waals surface area contributed by atoms with Gasteiger partial charge in [0.05, 0.1) is 0 Å². The van der Waals surface area contributed by atoms with Crippen molar-refractivity contribution in [2.45, 2.75) is 46.1 Å². The van der Waals surface area contributed by atoms with Gasteiger partial charge < -0.3 is 19.7 Å². The predicted molar refractivity (Wildman–Crippen MR) is 84.4 cm³/mol. The van der Waals surface area contributed by atoms with E-state index < -0.39 is 5.60 Å². The molecule has 0 aromatic heterocycles. The fourth-order valence-corrected chi connectivity index (χ4v) is 2.60. The van der Waals surface area contributed by atoms with Crippen LogP contribution in [0.2, 0.25) is 0 Å². The van der Waals surface area contributed by atoms with Crippen molar-refractivity contribution < 1.29 is 14.3 Å². The number of hydrogen-bond donors (Lipinski definition) is 1. The molecule has 1 amide bonds. The Kier molecular flexibility index (Phi) is 7.46. The number of methoxy groups -OCH3 is 1. The Morgan fingerprint density at radius 1 is 1.43 bits per heavy atom. The summed E-state index contributed by atoms with van der Waals surface area (Å²) in [5.74, 6) is 1.03. The molecule has 1 saturated heterocycles. The van der Waals surface area contributed by atoms with E-state index in [1.54, 1.807) is 7.11 Å². The monoisotopic (exact) mass is 300 g/mol. The maximum atomic E-state index is 12.1. The molecular weight excluding hydrogens is 268 g/mol. The number of ether oxygens (including phenoxy) is 2. The van der Waals surface area contributed by atoms with Gasteiger partial charge in [-0.05, 0) is 58.5 Å². The summed E-state index contributed by atoms with van der Waals surface area (Å²) in [6, 6.07) is 0. The van der Waals surface area contributed by atoms with Crippen LogP contribution in [-0.2, 0) is 9.47 Å². The molecule has 1 heterocycles. The molecule has 0 aromatic rings. The van der Waals surface area contributed by atoms with Gasteiger partial charge in [-0.15, -0.1) is 0 Å². The van der Waals surface area contributed by atoms with Gasteiger partial charge in [-0.3, -0.25) is 0 Å². The van der Waals surface area contributed by atoms with Crippen molar-refractivity contribution in [3.63, 3.8) is 0 Å². The SMILES string of the molecule is COCC(C)CNCC1CCCN(C(=O)OC(C)(C)C)C1. The minimum Gasteiger partial charge on any atom is -0.444 e. The summed E-state index contributed by atoms with van der Waals surface area (Å²) in [5, 5.41) is 3.49. The molecule has 5 heteroatoms. The zero-order valence-electron chi connectivity index (χ0n) is 14.3. The van der Waals surface area contributed by atoms with Crippen LogP contribution in [0.4, 0.5) is 4.79 Å². The quantitative estimate of drug-likeness (QED) is 0.819. The van der Waals surface area contributed by atoms with Crippen molar-refractivity contribution in [2.24, 2.45) is 11.8 Å². The summed E-state index contributed by atoms with van der Waals surface area (Å²) in [4.78, 5) is 13.9. The zero-order valence-corrected chi connectivity index (χ0v) is 14.3. The molecule has 0 spiro atoms. The van der Waals surface area contributed by atoms with Crippen molar-refractivity contribution >= 4 is 6.09 Å². The van der Waals surface area contributed by atoms with Gasteiger partial charge in [0.25, 0.3) is 0 Å². The Bertz CT molecular complexity index is 315. The van der Waals surface area contributed by atoms with Crippen LogP contribution in [0.3, 0.4) is 0 Å². The number of carbonyl (C=O) groups excluding carboxylic acids is 1. The van der Waals surface area contributed by atoms with Crippen LogP contribution < -0.4 is 5.32 Å². The van der Waals surface area contributed by atoms with Gasteiger partial charge >= 0.3 is 6.09 Å². The number of amides is 1. The third-order valence-electron chi connectivity index (χ3n) is 3.55. The number of nitrogens with one attached hydrogen (secondary N) is 1. The lowest BCUT2D eigenvalue weighted by Crippen LogP contribution is -2.45. The zero-order chi connectivity index (χ0) is 15.9. The summed E-state index contributed by atoms with van der Waals surface area (Å²) in [6.07, 6.45) is 2.05. The number of nitrogens with zero attached hydrogens (tertiary/aromatic N) is 1. The second kappa shape index (κ2) is 8.59. The molecular formula is C16H32N2O3. The third kappa shape index (κ3) is 7.67. The topological polar surface area (TPSA) is 50.8 Å². The highest BCUT2D eigenvalue weighted by Gasteiger charge is 2.27. The lowest BCUT2D eigenvalue weighted by Gasteiger charge is -2.34. The Morgan fingerprint density at radius 3 is 2.76 bits per heavy atom. The van der Waals surface area contributed by atoms with E-state index in [4.69, 9.17) is 9.47 Å². The first-order valence-electron chi connectivity index (χ1n) is 7.99. The van der Waals surface area contributed by atoms with E-state index in [1.165, 1.54) is 6.42 Å². The Balaban J connectivity index is 2.30. The fourth-order valence-electron chi connectivity index (χ4n) is 2.60. The van der Waals surface area contributed by atoms with Crippen LogP contribution in [-0.4, -0.2) is 56.5 Å². The van der Waals surface area contributed by atoms with Crippen LogP contribution in [0.25, 0.3) is 0 Å². The molecule has 2 unspecified atom stereocenters. The van der Waals surface area contributed by atoms with E-state index in [2.05, 4.69) is 12.2 Å². The maximum absolute atomic E-state index is 12.1. The van der Waals surface area contributed by atoms with Crippen LogP contribution in [0, 0.1) is 11.8 Å². The molecule has 124 valence electrons. The molecule has 0 aliphatic carbocycles. The summed E-state index contributed by atoms with van der Waals surface area (Å²) < 4.78 is 10.6.